The summed E-state index contributed by atoms with van der Waals surface area (Å²) in [5.74, 6) is -0.322. The van der Waals surface area contributed by atoms with Crippen molar-refractivity contribution in [3.63, 3.8) is 0 Å². The Morgan fingerprint density at radius 2 is 2.11 bits per heavy atom. The third-order valence-electron chi connectivity index (χ3n) is 3.12. The van der Waals surface area contributed by atoms with E-state index in [0.29, 0.717) is 0 Å². The summed E-state index contributed by atoms with van der Waals surface area (Å²) >= 11 is 5.13. The second-order valence-corrected chi connectivity index (χ2v) is 7.39. The molecule has 0 spiro atoms. The summed E-state index contributed by atoms with van der Waals surface area (Å²) in [5.41, 5.74) is 11.6. The normalized spacial score (nSPS) is 14.9. The molecule has 6 heteroatoms. The van der Waals surface area contributed by atoms with Crippen molar-refractivity contribution in [2.75, 3.05) is 6.54 Å². The van der Waals surface area contributed by atoms with Crippen LogP contribution in [-0.4, -0.2) is 29.4 Å². The summed E-state index contributed by atoms with van der Waals surface area (Å²) in [6.45, 7) is 6.40. The van der Waals surface area contributed by atoms with E-state index in [1.807, 2.05) is 6.07 Å². The number of nitrogens with zero attached hydrogens (tertiary/aromatic N) is 1. The fourth-order valence-corrected chi connectivity index (χ4v) is 3.73. The van der Waals surface area contributed by atoms with Gasteiger partial charge in [0.05, 0.1) is 16.4 Å². The van der Waals surface area contributed by atoms with E-state index in [4.69, 9.17) is 11.5 Å². The third kappa shape index (κ3) is 4.56. The minimum Gasteiger partial charge on any atom is -0.369 e. The van der Waals surface area contributed by atoms with Gasteiger partial charge in [0.15, 0.2) is 0 Å². The van der Waals surface area contributed by atoms with Gasteiger partial charge in [0.1, 0.15) is 0 Å². The van der Waals surface area contributed by atoms with Crippen LogP contribution >= 0.6 is 27.3 Å². The molecule has 19 heavy (non-hydrogen) atoms. The number of halogens is 1. The van der Waals surface area contributed by atoms with Crippen LogP contribution in [0.4, 0.5) is 0 Å². The van der Waals surface area contributed by atoms with Crippen LogP contribution in [0.1, 0.15) is 38.1 Å². The molecule has 0 aliphatic rings. The smallest absolute Gasteiger partial charge is 0.231 e. The Labute approximate surface area is 127 Å². The van der Waals surface area contributed by atoms with Crippen molar-refractivity contribution in [2.24, 2.45) is 11.5 Å². The second kappa shape index (κ2) is 7.38. The molecule has 2 atom stereocenters. The number of hydrogen-bond donors (Lipinski definition) is 2. The van der Waals surface area contributed by atoms with Gasteiger partial charge in [0, 0.05) is 17.0 Å². The number of nitrogens with two attached hydrogens (primary N) is 2. The average molecular weight is 348 g/mol. The lowest BCUT2D eigenvalue weighted by molar-refractivity contribution is -0.120. The average Bonchev–Trinajstić information content (AvgIpc) is 2.73. The van der Waals surface area contributed by atoms with Crippen molar-refractivity contribution in [3.8, 4) is 0 Å². The van der Waals surface area contributed by atoms with E-state index in [-0.39, 0.29) is 30.6 Å². The molecule has 4 N–H and O–H groups in total. The minimum atomic E-state index is -0.322. The molecule has 0 fully saturated rings. The molecule has 2 unspecified atom stereocenters. The standard InChI is InChI=1S/C13H22BrN3OS/c1-4-9(15)13(10-5-6-11(14)19-10)17(8(2)3)7-12(16)18/h5-6,8-9,13H,4,7,15H2,1-3H3,(H2,16,18). The Morgan fingerprint density at radius 1 is 1.47 bits per heavy atom. The topological polar surface area (TPSA) is 72.3 Å². The third-order valence-corrected chi connectivity index (χ3v) is 4.82. The largest absolute Gasteiger partial charge is 0.369 e. The highest BCUT2D eigenvalue weighted by atomic mass is 79.9. The Bertz CT molecular complexity index is 422. The monoisotopic (exact) mass is 347 g/mol. The van der Waals surface area contributed by atoms with E-state index in [1.54, 1.807) is 11.3 Å². The van der Waals surface area contributed by atoms with Crippen LogP contribution in [0.15, 0.2) is 15.9 Å². The molecule has 0 radical (unpaired) electrons. The van der Waals surface area contributed by atoms with Crippen LogP contribution in [0.2, 0.25) is 0 Å². The minimum absolute atomic E-state index is 0.0210. The zero-order valence-electron chi connectivity index (χ0n) is 11.6. The Balaban J connectivity index is 3.09. The van der Waals surface area contributed by atoms with Crippen LogP contribution in [0.3, 0.4) is 0 Å². The van der Waals surface area contributed by atoms with Gasteiger partial charge in [-0.1, -0.05) is 6.92 Å². The molecule has 1 amide bonds. The van der Waals surface area contributed by atoms with Crippen molar-refractivity contribution in [1.29, 1.82) is 0 Å². The molecule has 108 valence electrons. The van der Waals surface area contributed by atoms with Gasteiger partial charge >= 0.3 is 0 Å². The van der Waals surface area contributed by atoms with Gasteiger partial charge in [-0.05, 0) is 48.3 Å². The van der Waals surface area contributed by atoms with Crippen LogP contribution < -0.4 is 11.5 Å². The predicted molar refractivity (Wildman–Crippen MR) is 84.1 cm³/mol. The van der Waals surface area contributed by atoms with Gasteiger partial charge in [-0.25, -0.2) is 0 Å². The number of carbonyl (C=O) groups excluding carboxylic acids is 1. The Kier molecular flexibility index (Phi) is 6.46. The zero-order chi connectivity index (χ0) is 14.6. The lowest BCUT2D eigenvalue weighted by atomic mass is 10.0. The molecule has 0 aromatic carbocycles. The summed E-state index contributed by atoms with van der Waals surface area (Å²) in [4.78, 5) is 14.5. The summed E-state index contributed by atoms with van der Waals surface area (Å²) in [5, 5.41) is 0. The molecule has 0 bridgehead atoms. The van der Waals surface area contributed by atoms with Crippen molar-refractivity contribution < 1.29 is 4.79 Å². The summed E-state index contributed by atoms with van der Waals surface area (Å²) in [7, 11) is 0. The van der Waals surface area contributed by atoms with Crippen molar-refractivity contribution in [1.82, 2.24) is 4.90 Å². The van der Waals surface area contributed by atoms with Gasteiger partial charge in [-0.3, -0.25) is 9.69 Å². The maximum Gasteiger partial charge on any atom is 0.231 e. The van der Waals surface area contributed by atoms with E-state index in [9.17, 15) is 4.79 Å². The molecular weight excluding hydrogens is 326 g/mol. The molecule has 1 aromatic heterocycles. The first-order valence-corrected chi connectivity index (χ1v) is 8.02. The molecule has 1 rings (SSSR count). The first kappa shape index (κ1) is 16.6. The Morgan fingerprint density at radius 3 is 2.47 bits per heavy atom. The summed E-state index contributed by atoms with van der Waals surface area (Å²) in [6.07, 6.45) is 0.849. The van der Waals surface area contributed by atoms with Gasteiger partial charge < -0.3 is 11.5 Å². The van der Waals surface area contributed by atoms with E-state index < -0.39 is 0 Å². The van der Waals surface area contributed by atoms with Gasteiger partial charge in [-0.2, -0.15) is 0 Å². The highest BCUT2D eigenvalue weighted by Crippen LogP contribution is 2.34. The maximum absolute atomic E-state index is 11.3. The molecule has 0 saturated carbocycles. The van der Waals surface area contributed by atoms with Gasteiger partial charge in [0.2, 0.25) is 5.91 Å². The number of thiophene rings is 1. The lowest BCUT2D eigenvalue weighted by Crippen LogP contribution is -2.47. The number of hydrogen-bond acceptors (Lipinski definition) is 4. The van der Waals surface area contributed by atoms with E-state index in [1.165, 1.54) is 0 Å². The van der Waals surface area contributed by atoms with Crippen LogP contribution in [0, 0.1) is 0 Å². The van der Waals surface area contributed by atoms with Crippen LogP contribution in [0.5, 0.6) is 0 Å². The van der Waals surface area contributed by atoms with Crippen LogP contribution in [0.25, 0.3) is 0 Å². The lowest BCUT2D eigenvalue weighted by Gasteiger charge is -2.36. The van der Waals surface area contributed by atoms with Crippen molar-refractivity contribution >= 4 is 33.2 Å². The number of carbonyl (C=O) groups is 1. The Hall–Kier alpha value is -0.430. The fourth-order valence-electron chi connectivity index (χ4n) is 2.11. The molecule has 1 heterocycles. The fraction of sp³-hybridized carbons (Fsp3) is 0.615. The second-order valence-electron chi connectivity index (χ2n) is 4.89. The number of rotatable bonds is 7. The molecule has 0 aliphatic heterocycles. The van der Waals surface area contributed by atoms with Crippen LogP contribution in [-0.2, 0) is 4.79 Å². The van der Waals surface area contributed by atoms with E-state index in [2.05, 4.69) is 47.7 Å². The van der Waals surface area contributed by atoms with Gasteiger partial charge in [0.25, 0.3) is 0 Å². The number of primary amides is 1. The predicted octanol–water partition coefficient (Wildman–Crippen LogP) is 2.48. The van der Waals surface area contributed by atoms with E-state index in [0.717, 1.165) is 15.1 Å². The van der Waals surface area contributed by atoms with E-state index >= 15 is 0 Å². The molecular formula is C13H22BrN3OS. The molecule has 0 aliphatic carbocycles. The molecule has 1 aromatic rings. The highest BCUT2D eigenvalue weighted by Gasteiger charge is 2.29. The first-order valence-electron chi connectivity index (χ1n) is 6.41. The maximum atomic E-state index is 11.3. The van der Waals surface area contributed by atoms with Gasteiger partial charge in [-0.15, -0.1) is 11.3 Å². The zero-order valence-corrected chi connectivity index (χ0v) is 14.0. The SMILES string of the molecule is CCC(N)C(c1ccc(Br)s1)N(CC(N)=O)C(C)C. The molecule has 4 nitrogen and oxygen atoms in total. The first-order chi connectivity index (χ1) is 8.86. The molecule has 0 saturated heterocycles. The summed E-state index contributed by atoms with van der Waals surface area (Å²) in [6, 6.07) is 4.28. The number of amides is 1. The highest BCUT2D eigenvalue weighted by molar-refractivity contribution is 9.11. The summed E-state index contributed by atoms with van der Waals surface area (Å²) < 4.78 is 1.07. The quantitative estimate of drug-likeness (QED) is 0.795. The van der Waals surface area contributed by atoms with Crippen molar-refractivity contribution in [2.45, 2.75) is 45.3 Å². The van der Waals surface area contributed by atoms with Crippen molar-refractivity contribution in [3.05, 3.63) is 20.8 Å².